The van der Waals surface area contributed by atoms with Gasteiger partial charge in [-0.05, 0) is 71.3 Å². The standard InChI is InChI=1S/C37H45FN2O7S/c1-9-37-29-32(44)47-36(37,7)33(38)46-31(43)24(4)28(41)22(2)19-34(5,20-23(3)30(42)35(37,6)21-40(29)8)45-18-12-13-25-15-16-27(48-25)26-14-10-11-17-39-26/h10-11,14-17,22-24,29,33H,9,18-21H2,1-8H3/t22-,23-,24-,29+,33-,34+,35+,36-,37?/m1/s1. The quantitative estimate of drug-likeness (QED) is 0.230. The fraction of sp³-hybridized carbons (Fsp3) is 0.595. The molecular formula is C37H45FN2O7S. The van der Waals surface area contributed by atoms with Crippen LogP contribution in [-0.2, 0) is 33.4 Å². The highest BCUT2D eigenvalue weighted by Gasteiger charge is 2.80. The fourth-order valence-electron chi connectivity index (χ4n) is 8.92. The first-order valence-corrected chi connectivity index (χ1v) is 17.3. The summed E-state index contributed by atoms with van der Waals surface area (Å²) in [7, 11) is 1.72. The maximum Gasteiger partial charge on any atom is 0.324 e. The van der Waals surface area contributed by atoms with Crippen LogP contribution in [0.1, 0.15) is 72.6 Å². The number of hydrogen-bond donors (Lipinski definition) is 0. The zero-order valence-corrected chi connectivity index (χ0v) is 29.7. The maximum absolute atomic E-state index is 16.4. The Kier molecular flexibility index (Phi) is 9.78. The number of halogens is 1. The van der Waals surface area contributed by atoms with E-state index in [2.05, 4.69) is 16.8 Å². The van der Waals surface area contributed by atoms with E-state index in [1.54, 1.807) is 38.9 Å². The highest BCUT2D eigenvalue weighted by Crippen LogP contribution is 2.65. The molecule has 1 unspecified atom stereocenters. The second-order valence-corrected chi connectivity index (χ2v) is 15.5. The van der Waals surface area contributed by atoms with Crippen molar-refractivity contribution < 1.29 is 37.8 Å². The molecule has 3 saturated heterocycles. The monoisotopic (exact) mass is 680 g/mol. The molecule has 0 aliphatic carbocycles. The first kappa shape index (κ1) is 35.8. The summed E-state index contributed by atoms with van der Waals surface area (Å²) in [5.41, 5.74) is -4.71. The normalized spacial score (nSPS) is 37.6. The summed E-state index contributed by atoms with van der Waals surface area (Å²) < 4.78 is 33.8. The van der Waals surface area contributed by atoms with Crippen LogP contribution < -0.4 is 0 Å². The van der Waals surface area contributed by atoms with Crippen molar-refractivity contribution in [1.82, 2.24) is 9.88 Å². The number of esters is 2. The van der Waals surface area contributed by atoms with E-state index in [4.69, 9.17) is 14.2 Å². The van der Waals surface area contributed by atoms with Gasteiger partial charge in [0.05, 0.1) is 31.9 Å². The van der Waals surface area contributed by atoms with Gasteiger partial charge in [0.25, 0.3) is 6.36 Å². The lowest BCUT2D eigenvalue weighted by atomic mass is 9.52. The summed E-state index contributed by atoms with van der Waals surface area (Å²) in [6.45, 7) is 11.9. The second kappa shape index (κ2) is 13.1. The van der Waals surface area contributed by atoms with Crippen molar-refractivity contribution in [3.8, 4) is 22.4 Å². The molecule has 0 radical (unpaired) electrons. The van der Waals surface area contributed by atoms with E-state index >= 15 is 4.39 Å². The number of carbonyl (C=O) groups is 4. The molecule has 0 saturated carbocycles. The van der Waals surface area contributed by atoms with Gasteiger partial charge in [-0.15, -0.1) is 11.3 Å². The molecule has 2 aromatic rings. The van der Waals surface area contributed by atoms with Crippen molar-refractivity contribution in [1.29, 1.82) is 0 Å². The molecule has 0 spiro atoms. The van der Waals surface area contributed by atoms with Crippen molar-refractivity contribution in [2.45, 2.75) is 91.3 Å². The Morgan fingerprint density at radius 2 is 1.75 bits per heavy atom. The van der Waals surface area contributed by atoms with E-state index in [9.17, 15) is 19.2 Å². The largest absolute Gasteiger partial charge is 0.450 e. The van der Waals surface area contributed by atoms with Crippen LogP contribution >= 0.6 is 11.3 Å². The Balaban J connectivity index is 1.48. The molecule has 3 fully saturated rings. The van der Waals surface area contributed by atoms with E-state index in [0.717, 1.165) is 15.4 Å². The molecule has 11 heteroatoms. The van der Waals surface area contributed by atoms with Crippen LogP contribution in [0.2, 0.25) is 0 Å². The van der Waals surface area contributed by atoms with Crippen molar-refractivity contribution in [2.75, 3.05) is 20.2 Å². The van der Waals surface area contributed by atoms with E-state index in [0.29, 0.717) is 0 Å². The van der Waals surface area contributed by atoms with E-state index in [-0.39, 0.29) is 38.2 Å². The lowest BCUT2D eigenvalue weighted by Gasteiger charge is -2.50. The van der Waals surface area contributed by atoms with E-state index < -0.39 is 69.9 Å². The molecule has 9 nitrogen and oxygen atoms in total. The molecule has 258 valence electrons. The average molecular weight is 681 g/mol. The molecule has 0 amide bonds. The summed E-state index contributed by atoms with van der Waals surface area (Å²) in [5.74, 6) is 1.33. The van der Waals surface area contributed by atoms with Crippen molar-refractivity contribution >= 4 is 34.8 Å². The maximum atomic E-state index is 16.4. The SMILES string of the molecule is CCC12[C@@H]3C(=O)O[C@]1(C)[C@H](F)OC(=O)[C@H](C)C(=O)[C@H](C)C[C@](C)(OCC#Cc1ccc(-c4ccccn4)s1)C[C@@H](C)C(=O)[C@]2(C)CN3C. The number of aromatic nitrogens is 1. The number of carbonyl (C=O) groups excluding carboxylic acids is 4. The number of rotatable bonds is 4. The number of ether oxygens (including phenoxy) is 3. The van der Waals surface area contributed by atoms with Gasteiger partial charge in [-0.1, -0.05) is 45.6 Å². The van der Waals surface area contributed by atoms with Crippen LogP contribution in [0.5, 0.6) is 0 Å². The van der Waals surface area contributed by atoms with Crippen molar-refractivity contribution in [2.24, 2.45) is 28.6 Å². The zero-order valence-electron chi connectivity index (χ0n) is 28.9. The summed E-state index contributed by atoms with van der Waals surface area (Å²) in [6.07, 6.45) is -0.0113. The van der Waals surface area contributed by atoms with E-state index in [1.165, 1.54) is 25.2 Å². The summed E-state index contributed by atoms with van der Waals surface area (Å²) in [5, 5.41) is 0. The molecular weight excluding hydrogens is 635 g/mol. The minimum atomic E-state index is -2.39. The fourth-order valence-corrected chi connectivity index (χ4v) is 9.78. The van der Waals surface area contributed by atoms with E-state index in [1.807, 2.05) is 44.2 Å². The van der Waals surface area contributed by atoms with Crippen LogP contribution in [0, 0.1) is 40.4 Å². The first-order valence-electron chi connectivity index (χ1n) is 16.5. The lowest BCUT2D eigenvalue weighted by Crippen LogP contribution is -2.63. The number of likely N-dealkylation sites (tertiary alicyclic amines) is 1. The Labute approximate surface area is 285 Å². The Morgan fingerprint density at radius 3 is 2.42 bits per heavy atom. The molecule has 2 aromatic heterocycles. The smallest absolute Gasteiger partial charge is 0.324 e. The van der Waals surface area contributed by atoms with Crippen LogP contribution in [0.4, 0.5) is 4.39 Å². The van der Waals surface area contributed by atoms with Crippen molar-refractivity contribution in [3.63, 3.8) is 0 Å². The average Bonchev–Trinajstić information content (AvgIpc) is 3.69. The number of Topliss-reactive ketones (excluding diaryl/α,β-unsaturated/α-hetero) is 2. The Morgan fingerprint density at radius 1 is 1.04 bits per heavy atom. The molecule has 48 heavy (non-hydrogen) atoms. The van der Waals surface area contributed by atoms with Crippen LogP contribution in [0.25, 0.3) is 10.6 Å². The number of nitrogens with zero attached hydrogens (tertiary/aromatic N) is 2. The van der Waals surface area contributed by atoms with Gasteiger partial charge in [0.15, 0.2) is 5.60 Å². The number of likely N-dealkylation sites (N-methyl/N-ethyl adjacent to an activating group) is 1. The number of hydrogen-bond acceptors (Lipinski definition) is 10. The predicted molar refractivity (Wildman–Crippen MR) is 178 cm³/mol. The third-order valence-electron chi connectivity index (χ3n) is 11.1. The van der Waals surface area contributed by atoms with Crippen LogP contribution in [-0.4, -0.2) is 77.2 Å². The lowest BCUT2D eigenvalue weighted by molar-refractivity contribution is -0.226. The minimum Gasteiger partial charge on any atom is -0.450 e. The summed E-state index contributed by atoms with van der Waals surface area (Å²) in [6, 6.07) is 8.70. The second-order valence-electron chi connectivity index (χ2n) is 14.4. The molecule has 0 N–H and O–H groups in total. The number of ketones is 2. The summed E-state index contributed by atoms with van der Waals surface area (Å²) in [4.78, 5) is 62.8. The van der Waals surface area contributed by atoms with Crippen molar-refractivity contribution in [3.05, 3.63) is 41.4 Å². The topological polar surface area (TPSA) is 112 Å². The van der Waals surface area contributed by atoms with Gasteiger partial charge in [0.1, 0.15) is 30.1 Å². The highest BCUT2D eigenvalue weighted by atomic mass is 32.1. The zero-order chi connectivity index (χ0) is 35.2. The molecule has 3 aliphatic rings. The van der Waals surface area contributed by atoms with Gasteiger partial charge in [0, 0.05) is 24.6 Å². The molecule has 9 atom stereocenters. The highest BCUT2D eigenvalue weighted by molar-refractivity contribution is 7.16. The molecule has 3 aliphatic heterocycles. The molecule has 0 aromatic carbocycles. The van der Waals surface area contributed by atoms with Gasteiger partial charge in [0.2, 0.25) is 0 Å². The van der Waals surface area contributed by atoms with Crippen LogP contribution in [0.3, 0.4) is 0 Å². The number of alkyl halides is 1. The predicted octanol–water partition coefficient (Wildman–Crippen LogP) is 5.65. The third kappa shape index (κ3) is 5.80. The number of thiophene rings is 1. The van der Waals surface area contributed by atoms with Gasteiger partial charge in [-0.2, -0.15) is 4.39 Å². The van der Waals surface area contributed by atoms with Crippen LogP contribution in [0.15, 0.2) is 36.5 Å². The molecule has 0 bridgehead atoms. The third-order valence-corrected chi connectivity index (χ3v) is 12.1. The Hall–Kier alpha value is -3.46. The van der Waals surface area contributed by atoms with Gasteiger partial charge >= 0.3 is 11.9 Å². The summed E-state index contributed by atoms with van der Waals surface area (Å²) >= 11 is 1.52. The molecule has 5 rings (SSSR count). The number of pyridine rings is 1. The van der Waals surface area contributed by atoms with Gasteiger partial charge < -0.3 is 14.2 Å². The molecule has 5 heterocycles. The van der Waals surface area contributed by atoms with Gasteiger partial charge in [-0.25, -0.2) is 0 Å². The first-order chi connectivity index (χ1) is 22.5. The Bertz CT molecular complexity index is 1650. The number of cyclic esters (lactones) is 1. The van der Waals surface area contributed by atoms with Gasteiger partial charge in [-0.3, -0.25) is 29.1 Å². The minimum absolute atomic E-state index is 0.0393.